The number of hydrogen-bond acceptors (Lipinski definition) is 3. The van der Waals surface area contributed by atoms with E-state index in [0.29, 0.717) is 32.7 Å². The molecule has 0 radical (unpaired) electrons. The van der Waals surface area contributed by atoms with Gasteiger partial charge in [-0.1, -0.05) is 25.1 Å². The van der Waals surface area contributed by atoms with E-state index in [0.717, 1.165) is 12.2 Å². The van der Waals surface area contributed by atoms with Crippen molar-refractivity contribution in [2.75, 3.05) is 26.3 Å². The normalized spacial score (nSPS) is 19.2. The second-order valence-electron chi connectivity index (χ2n) is 4.65. The monoisotopic (exact) mass is 263 g/mol. The maximum absolute atomic E-state index is 12.0. The van der Waals surface area contributed by atoms with Gasteiger partial charge in [0.05, 0.1) is 25.7 Å². The Morgan fingerprint density at radius 2 is 2.21 bits per heavy atom. The minimum atomic E-state index is 0.151. The molecule has 0 aliphatic carbocycles. The van der Waals surface area contributed by atoms with Gasteiger partial charge in [0, 0.05) is 13.1 Å². The molecule has 0 saturated carbocycles. The standard InChI is InChI=1S/C15H21NO3/c1-2-13-12-16(9-11-19-13)15(17)8-10-18-14-6-4-3-5-7-14/h3-7,13H,2,8-12H2,1H3/t13-/m1/s1. The van der Waals surface area contributed by atoms with E-state index in [1.807, 2.05) is 35.2 Å². The van der Waals surface area contributed by atoms with Crippen LogP contribution in [0.3, 0.4) is 0 Å². The van der Waals surface area contributed by atoms with Gasteiger partial charge in [0.25, 0.3) is 0 Å². The summed E-state index contributed by atoms with van der Waals surface area (Å²) >= 11 is 0. The zero-order valence-corrected chi connectivity index (χ0v) is 11.4. The molecule has 2 rings (SSSR count). The fourth-order valence-electron chi connectivity index (χ4n) is 2.12. The number of amides is 1. The first kappa shape index (κ1) is 13.9. The first-order valence-corrected chi connectivity index (χ1v) is 6.87. The Kier molecular flexibility index (Phi) is 5.21. The van der Waals surface area contributed by atoms with Crippen molar-refractivity contribution in [1.82, 2.24) is 4.90 Å². The largest absolute Gasteiger partial charge is 0.493 e. The third-order valence-corrected chi connectivity index (χ3v) is 3.27. The molecule has 0 aromatic heterocycles. The van der Waals surface area contributed by atoms with Crippen LogP contribution in [0.4, 0.5) is 0 Å². The average molecular weight is 263 g/mol. The van der Waals surface area contributed by atoms with Crippen molar-refractivity contribution in [1.29, 1.82) is 0 Å². The molecule has 1 saturated heterocycles. The smallest absolute Gasteiger partial charge is 0.226 e. The molecule has 104 valence electrons. The maximum atomic E-state index is 12.0. The summed E-state index contributed by atoms with van der Waals surface area (Å²) in [5, 5.41) is 0. The van der Waals surface area contributed by atoms with Gasteiger partial charge in [0.1, 0.15) is 5.75 Å². The molecule has 0 N–H and O–H groups in total. The number of para-hydroxylation sites is 1. The van der Waals surface area contributed by atoms with Crippen LogP contribution in [0.5, 0.6) is 5.75 Å². The van der Waals surface area contributed by atoms with E-state index >= 15 is 0 Å². The molecule has 1 atom stereocenters. The second kappa shape index (κ2) is 7.14. The highest BCUT2D eigenvalue weighted by atomic mass is 16.5. The lowest BCUT2D eigenvalue weighted by atomic mass is 10.2. The van der Waals surface area contributed by atoms with E-state index in [1.54, 1.807) is 0 Å². The van der Waals surface area contributed by atoms with Crippen molar-refractivity contribution >= 4 is 5.91 Å². The van der Waals surface area contributed by atoms with Crippen molar-refractivity contribution in [3.05, 3.63) is 30.3 Å². The van der Waals surface area contributed by atoms with Crippen LogP contribution >= 0.6 is 0 Å². The predicted octanol–water partition coefficient (Wildman–Crippen LogP) is 2.09. The van der Waals surface area contributed by atoms with Gasteiger partial charge in [0.15, 0.2) is 0 Å². The number of carbonyl (C=O) groups is 1. The Hall–Kier alpha value is -1.55. The van der Waals surface area contributed by atoms with Crippen molar-refractivity contribution in [3.63, 3.8) is 0 Å². The number of ether oxygens (including phenoxy) is 2. The molecule has 1 amide bonds. The van der Waals surface area contributed by atoms with E-state index in [9.17, 15) is 4.79 Å². The van der Waals surface area contributed by atoms with E-state index in [1.165, 1.54) is 0 Å². The number of hydrogen-bond donors (Lipinski definition) is 0. The fourth-order valence-corrected chi connectivity index (χ4v) is 2.12. The summed E-state index contributed by atoms with van der Waals surface area (Å²) in [4.78, 5) is 13.9. The van der Waals surface area contributed by atoms with E-state index in [4.69, 9.17) is 9.47 Å². The van der Waals surface area contributed by atoms with E-state index in [2.05, 4.69) is 6.92 Å². The Morgan fingerprint density at radius 3 is 2.95 bits per heavy atom. The highest BCUT2D eigenvalue weighted by molar-refractivity contribution is 5.76. The van der Waals surface area contributed by atoms with Crippen LogP contribution in [-0.2, 0) is 9.53 Å². The first-order chi connectivity index (χ1) is 9.29. The van der Waals surface area contributed by atoms with Crippen molar-refractivity contribution < 1.29 is 14.3 Å². The van der Waals surface area contributed by atoms with Crippen molar-refractivity contribution in [2.45, 2.75) is 25.9 Å². The molecule has 4 nitrogen and oxygen atoms in total. The van der Waals surface area contributed by atoms with Gasteiger partial charge in [-0.15, -0.1) is 0 Å². The van der Waals surface area contributed by atoms with Crippen molar-refractivity contribution in [2.24, 2.45) is 0 Å². The molecule has 1 aliphatic heterocycles. The number of rotatable bonds is 5. The third-order valence-electron chi connectivity index (χ3n) is 3.27. The number of benzene rings is 1. The SMILES string of the molecule is CC[C@@H]1CN(C(=O)CCOc2ccccc2)CCO1. The molecule has 1 aliphatic rings. The number of nitrogens with zero attached hydrogens (tertiary/aromatic N) is 1. The second-order valence-corrected chi connectivity index (χ2v) is 4.65. The van der Waals surface area contributed by atoms with Gasteiger partial charge in [-0.05, 0) is 18.6 Å². The Bertz CT molecular complexity index is 394. The lowest BCUT2D eigenvalue weighted by molar-refractivity contribution is -0.139. The Morgan fingerprint density at radius 1 is 1.42 bits per heavy atom. The third kappa shape index (κ3) is 4.24. The summed E-state index contributed by atoms with van der Waals surface area (Å²) in [5.41, 5.74) is 0. The van der Waals surface area contributed by atoms with Crippen LogP contribution in [-0.4, -0.2) is 43.2 Å². The molecule has 1 aromatic rings. The molecule has 0 bridgehead atoms. The first-order valence-electron chi connectivity index (χ1n) is 6.87. The average Bonchev–Trinajstić information content (AvgIpc) is 2.48. The number of carbonyl (C=O) groups excluding carboxylic acids is 1. The van der Waals surface area contributed by atoms with Gasteiger partial charge < -0.3 is 14.4 Å². The summed E-state index contributed by atoms with van der Waals surface area (Å²) in [6.45, 7) is 4.55. The minimum absolute atomic E-state index is 0.151. The molecule has 0 spiro atoms. The van der Waals surface area contributed by atoms with Gasteiger partial charge in [0.2, 0.25) is 5.91 Å². The van der Waals surface area contributed by atoms with Crippen LogP contribution in [0, 0.1) is 0 Å². The van der Waals surface area contributed by atoms with Crippen LogP contribution in [0.25, 0.3) is 0 Å². The topological polar surface area (TPSA) is 38.8 Å². The fraction of sp³-hybridized carbons (Fsp3) is 0.533. The zero-order chi connectivity index (χ0) is 13.5. The molecular weight excluding hydrogens is 242 g/mol. The van der Waals surface area contributed by atoms with Gasteiger partial charge in [-0.2, -0.15) is 0 Å². The van der Waals surface area contributed by atoms with Crippen LogP contribution in [0.15, 0.2) is 30.3 Å². The molecular formula is C15H21NO3. The van der Waals surface area contributed by atoms with Crippen LogP contribution in [0.1, 0.15) is 19.8 Å². The van der Waals surface area contributed by atoms with Crippen molar-refractivity contribution in [3.8, 4) is 5.75 Å². The summed E-state index contributed by atoms with van der Waals surface area (Å²) in [6, 6.07) is 9.57. The highest BCUT2D eigenvalue weighted by Gasteiger charge is 2.22. The quantitative estimate of drug-likeness (QED) is 0.816. The summed E-state index contributed by atoms with van der Waals surface area (Å²) in [5.74, 6) is 0.960. The lowest BCUT2D eigenvalue weighted by Gasteiger charge is -2.32. The molecule has 0 unspecified atom stereocenters. The summed E-state index contributed by atoms with van der Waals surface area (Å²) < 4.78 is 11.1. The molecule has 19 heavy (non-hydrogen) atoms. The summed E-state index contributed by atoms with van der Waals surface area (Å²) in [7, 11) is 0. The van der Waals surface area contributed by atoms with Gasteiger partial charge in [-0.25, -0.2) is 0 Å². The van der Waals surface area contributed by atoms with Gasteiger partial charge >= 0.3 is 0 Å². The van der Waals surface area contributed by atoms with E-state index < -0.39 is 0 Å². The molecule has 1 aromatic carbocycles. The highest BCUT2D eigenvalue weighted by Crippen LogP contribution is 2.11. The molecule has 4 heteroatoms. The minimum Gasteiger partial charge on any atom is -0.493 e. The Labute approximate surface area is 114 Å². The summed E-state index contributed by atoms with van der Waals surface area (Å²) in [6.07, 6.45) is 1.56. The van der Waals surface area contributed by atoms with Crippen LogP contribution in [0.2, 0.25) is 0 Å². The van der Waals surface area contributed by atoms with Gasteiger partial charge in [-0.3, -0.25) is 4.79 Å². The zero-order valence-electron chi connectivity index (χ0n) is 11.4. The molecule has 1 fully saturated rings. The predicted molar refractivity (Wildman–Crippen MR) is 73.2 cm³/mol. The lowest BCUT2D eigenvalue weighted by Crippen LogP contribution is -2.45. The number of morpholine rings is 1. The van der Waals surface area contributed by atoms with E-state index in [-0.39, 0.29) is 12.0 Å². The molecule has 1 heterocycles. The van der Waals surface area contributed by atoms with Crippen LogP contribution < -0.4 is 4.74 Å². The maximum Gasteiger partial charge on any atom is 0.226 e. The Balaban J connectivity index is 1.72.